The zero-order valence-corrected chi connectivity index (χ0v) is 18.1. The van der Waals surface area contributed by atoms with Crippen LogP contribution in [0.1, 0.15) is 25.3 Å². The summed E-state index contributed by atoms with van der Waals surface area (Å²) in [6.45, 7) is 4.88. The van der Waals surface area contributed by atoms with Gasteiger partial charge in [-0.3, -0.25) is 0 Å². The summed E-state index contributed by atoms with van der Waals surface area (Å²) in [6, 6.07) is 11.6. The van der Waals surface area contributed by atoms with E-state index in [9.17, 15) is 0 Å². The Balaban J connectivity index is 1.62. The van der Waals surface area contributed by atoms with Crippen LogP contribution in [-0.2, 0) is 6.54 Å². The largest absolute Gasteiger partial charge is 0.495 e. The van der Waals surface area contributed by atoms with Crippen LogP contribution in [0.2, 0.25) is 10.0 Å². The van der Waals surface area contributed by atoms with E-state index in [1.165, 1.54) is 12.8 Å². The molecule has 0 amide bonds. The Morgan fingerprint density at radius 1 is 1.07 bits per heavy atom. The Kier molecular flexibility index (Phi) is 5.97. The first kappa shape index (κ1) is 20.0. The maximum absolute atomic E-state index is 6.30. The number of rotatable bonds is 5. The van der Waals surface area contributed by atoms with Crippen LogP contribution < -0.4 is 15.0 Å². The normalized spacial score (nSPS) is 15.0. The van der Waals surface area contributed by atoms with Gasteiger partial charge in [-0.1, -0.05) is 36.2 Å². The minimum Gasteiger partial charge on any atom is -0.495 e. The molecule has 3 aromatic rings. The van der Waals surface area contributed by atoms with E-state index in [0.717, 1.165) is 41.2 Å². The molecule has 2 heterocycles. The minimum atomic E-state index is 0.570. The Bertz CT molecular complexity index is 1020. The number of halogens is 2. The van der Waals surface area contributed by atoms with E-state index in [-0.39, 0.29) is 0 Å². The molecule has 0 aliphatic carbocycles. The highest BCUT2D eigenvalue weighted by molar-refractivity contribution is 6.32. The molecule has 0 unspecified atom stereocenters. The molecule has 4 rings (SSSR count). The zero-order chi connectivity index (χ0) is 20.4. The van der Waals surface area contributed by atoms with Gasteiger partial charge in [0.15, 0.2) is 11.6 Å². The topological polar surface area (TPSA) is 50.3 Å². The molecule has 152 valence electrons. The van der Waals surface area contributed by atoms with Gasteiger partial charge in [0.25, 0.3) is 0 Å². The number of ether oxygens (including phenoxy) is 1. The van der Waals surface area contributed by atoms with Crippen LogP contribution in [-0.4, -0.2) is 30.4 Å². The molecule has 1 N–H and O–H groups in total. The van der Waals surface area contributed by atoms with Crippen molar-refractivity contribution in [3.8, 4) is 5.75 Å². The van der Waals surface area contributed by atoms with E-state index in [2.05, 4.69) is 27.3 Å². The lowest BCUT2D eigenvalue weighted by atomic mass is 9.99. The smallest absolute Gasteiger partial charge is 0.159 e. The third-order valence-corrected chi connectivity index (χ3v) is 6.01. The zero-order valence-electron chi connectivity index (χ0n) is 16.6. The predicted octanol–water partition coefficient (Wildman–Crippen LogP) is 5.79. The number of methoxy groups -OCH3 is 1. The molecule has 0 saturated carbocycles. The Labute approximate surface area is 181 Å². The number of anilines is 2. The van der Waals surface area contributed by atoms with Crippen LogP contribution >= 0.6 is 23.2 Å². The van der Waals surface area contributed by atoms with Gasteiger partial charge in [0.05, 0.1) is 12.1 Å². The monoisotopic (exact) mass is 430 g/mol. The van der Waals surface area contributed by atoms with Crippen molar-refractivity contribution in [2.45, 2.75) is 26.3 Å². The van der Waals surface area contributed by atoms with Crippen molar-refractivity contribution in [3.05, 3.63) is 52.0 Å². The van der Waals surface area contributed by atoms with Crippen LogP contribution in [0.3, 0.4) is 0 Å². The molecule has 0 spiro atoms. The van der Waals surface area contributed by atoms with Crippen molar-refractivity contribution < 1.29 is 4.74 Å². The summed E-state index contributed by atoms with van der Waals surface area (Å²) < 4.78 is 5.22. The third-order valence-electron chi connectivity index (χ3n) is 5.48. The Hall–Kier alpha value is -2.24. The van der Waals surface area contributed by atoms with Crippen LogP contribution in [0, 0.1) is 5.92 Å². The Morgan fingerprint density at radius 2 is 1.86 bits per heavy atom. The second-order valence-corrected chi connectivity index (χ2v) is 8.40. The van der Waals surface area contributed by atoms with Gasteiger partial charge in [-0.2, -0.15) is 0 Å². The average Bonchev–Trinajstić information content (AvgIpc) is 2.72. The second kappa shape index (κ2) is 8.64. The lowest BCUT2D eigenvalue weighted by Gasteiger charge is -2.31. The van der Waals surface area contributed by atoms with Gasteiger partial charge < -0.3 is 15.0 Å². The number of hydrogen-bond acceptors (Lipinski definition) is 5. The molecule has 0 radical (unpaired) electrons. The summed E-state index contributed by atoms with van der Waals surface area (Å²) in [5.74, 6) is 3.06. The lowest BCUT2D eigenvalue weighted by molar-refractivity contribution is 0.415. The fraction of sp³-hybridized carbons (Fsp3) is 0.364. The molecule has 0 atom stereocenters. The number of piperidine rings is 1. The van der Waals surface area contributed by atoms with Gasteiger partial charge in [-0.25, -0.2) is 0 Å². The van der Waals surface area contributed by atoms with E-state index in [1.54, 1.807) is 7.11 Å². The summed E-state index contributed by atoms with van der Waals surface area (Å²) in [5, 5.41) is 15.7. The van der Waals surface area contributed by atoms with Crippen LogP contribution in [0.5, 0.6) is 5.75 Å². The number of hydrogen-bond donors (Lipinski definition) is 1. The molecule has 2 aromatic carbocycles. The van der Waals surface area contributed by atoms with Crippen LogP contribution in [0.4, 0.5) is 11.6 Å². The first-order valence-electron chi connectivity index (χ1n) is 9.82. The summed E-state index contributed by atoms with van der Waals surface area (Å²) in [4.78, 5) is 2.33. The van der Waals surface area contributed by atoms with E-state index in [4.69, 9.17) is 27.9 Å². The fourth-order valence-corrected chi connectivity index (χ4v) is 4.16. The summed E-state index contributed by atoms with van der Waals surface area (Å²) >= 11 is 12.5. The summed E-state index contributed by atoms with van der Waals surface area (Å²) in [7, 11) is 1.61. The van der Waals surface area contributed by atoms with Crippen molar-refractivity contribution in [3.63, 3.8) is 0 Å². The average molecular weight is 431 g/mol. The quantitative estimate of drug-likeness (QED) is 0.554. The number of nitrogens with zero attached hydrogens (tertiary/aromatic N) is 3. The fourth-order valence-electron chi connectivity index (χ4n) is 3.70. The van der Waals surface area contributed by atoms with E-state index in [0.29, 0.717) is 28.2 Å². The van der Waals surface area contributed by atoms with Gasteiger partial charge in [-0.05, 0) is 54.7 Å². The van der Waals surface area contributed by atoms with Gasteiger partial charge in [0, 0.05) is 35.4 Å². The molecule has 1 aliphatic rings. The number of aromatic nitrogens is 2. The van der Waals surface area contributed by atoms with Crippen molar-refractivity contribution >= 4 is 45.6 Å². The number of nitrogens with one attached hydrogen (secondary N) is 1. The number of fused-ring (bicyclic) bond motifs is 1. The highest BCUT2D eigenvalue weighted by Crippen LogP contribution is 2.33. The lowest BCUT2D eigenvalue weighted by Crippen LogP contribution is -2.33. The van der Waals surface area contributed by atoms with Gasteiger partial charge >= 0.3 is 0 Å². The maximum Gasteiger partial charge on any atom is 0.159 e. The van der Waals surface area contributed by atoms with Gasteiger partial charge in [0.1, 0.15) is 5.75 Å². The predicted molar refractivity (Wildman–Crippen MR) is 120 cm³/mol. The van der Waals surface area contributed by atoms with E-state index >= 15 is 0 Å². The summed E-state index contributed by atoms with van der Waals surface area (Å²) in [5.41, 5.74) is 1.03. The third kappa shape index (κ3) is 4.36. The Morgan fingerprint density at radius 3 is 2.59 bits per heavy atom. The molecule has 0 bridgehead atoms. The molecule has 5 nitrogen and oxygen atoms in total. The van der Waals surface area contributed by atoms with E-state index < -0.39 is 0 Å². The molecule has 29 heavy (non-hydrogen) atoms. The van der Waals surface area contributed by atoms with Crippen molar-refractivity contribution in [2.24, 2.45) is 5.92 Å². The molecule has 1 fully saturated rings. The molecule has 1 saturated heterocycles. The first-order valence-corrected chi connectivity index (χ1v) is 10.6. The summed E-state index contributed by atoms with van der Waals surface area (Å²) in [6.07, 6.45) is 2.35. The highest BCUT2D eigenvalue weighted by atomic mass is 35.5. The molecular weight excluding hydrogens is 407 g/mol. The van der Waals surface area contributed by atoms with Crippen molar-refractivity contribution in [2.75, 3.05) is 30.4 Å². The molecule has 1 aliphatic heterocycles. The van der Waals surface area contributed by atoms with Crippen LogP contribution in [0.25, 0.3) is 10.8 Å². The highest BCUT2D eigenvalue weighted by Gasteiger charge is 2.20. The van der Waals surface area contributed by atoms with Crippen molar-refractivity contribution in [1.29, 1.82) is 0 Å². The molecule has 7 heteroatoms. The van der Waals surface area contributed by atoms with E-state index in [1.807, 2.05) is 36.4 Å². The molecule has 1 aromatic heterocycles. The van der Waals surface area contributed by atoms with Gasteiger partial charge in [-0.15, -0.1) is 10.2 Å². The van der Waals surface area contributed by atoms with Gasteiger partial charge in [0.2, 0.25) is 0 Å². The maximum atomic E-state index is 6.30. The standard InChI is InChI=1S/C22H24Cl2N4O/c1-14-7-9-28(10-8-14)22-17-5-4-16(23)12-18(17)21(26-27-22)25-13-15-3-6-20(29-2)19(24)11-15/h3-6,11-12,14H,7-10,13H2,1-2H3,(H,25,26). The first-order chi connectivity index (χ1) is 14.0. The molecular formula is C22H24Cl2N4O. The SMILES string of the molecule is COc1ccc(CNc2nnc(N3CCC(C)CC3)c3ccc(Cl)cc23)cc1Cl. The minimum absolute atomic E-state index is 0.570. The second-order valence-electron chi connectivity index (χ2n) is 7.55. The number of benzene rings is 2. The van der Waals surface area contributed by atoms with Crippen molar-refractivity contribution in [1.82, 2.24) is 10.2 Å². The van der Waals surface area contributed by atoms with Crippen LogP contribution in [0.15, 0.2) is 36.4 Å².